The zero-order valence-electron chi connectivity index (χ0n) is 7.19. The second kappa shape index (κ2) is 4.93. The molecule has 1 aromatic rings. The zero-order valence-corrected chi connectivity index (χ0v) is 8.01. The number of pyridine rings is 1. The highest BCUT2D eigenvalue weighted by Gasteiger charge is 1.89. The summed E-state index contributed by atoms with van der Waals surface area (Å²) in [5.74, 6) is 0. The van der Waals surface area contributed by atoms with Gasteiger partial charge in [-0.1, -0.05) is 31.6 Å². The second-order valence-electron chi connectivity index (χ2n) is 2.55. The Morgan fingerprint density at radius 2 is 2.33 bits per heavy atom. The minimum absolute atomic E-state index is 0.716. The van der Waals surface area contributed by atoms with Gasteiger partial charge < -0.3 is 4.84 Å². The third-order valence-corrected chi connectivity index (χ3v) is 1.83. The third kappa shape index (κ3) is 2.66. The van der Waals surface area contributed by atoms with Crippen molar-refractivity contribution in [2.75, 3.05) is 6.61 Å². The number of unbranched alkanes of at least 4 members (excludes halogenated alkanes) is 1. The fourth-order valence-electron chi connectivity index (χ4n) is 0.827. The molecule has 0 aliphatic heterocycles. The van der Waals surface area contributed by atoms with Crippen molar-refractivity contribution < 1.29 is 4.84 Å². The largest absolute Gasteiger partial charge is 0.413 e. The van der Waals surface area contributed by atoms with Gasteiger partial charge in [0.1, 0.15) is 11.2 Å². The summed E-state index contributed by atoms with van der Waals surface area (Å²) in [6, 6.07) is 5.66. The predicted molar refractivity (Wildman–Crippen MR) is 51.6 cm³/mol. The van der Waals surface area contributed by atoms with Gasteiger partial charge in [0, 0.05) is 6.20 Å². The maximum atomic E-state index is 5.39. The van der Waals surface area contributed by atoms with Crippen LogP contribution in [0.1, 0.15) is 19.8 Å². The van der Waals surface area contributed by atoms with Gasteiger partial charge >= 0.3 is 0 Å². The van der Waals surface area contributed by atoms with E-state index in [2.05, 4.69) is 6.92 Å². The summed E-state index contributed by atoms with van der Waals surface area (Å²) in [4.78, 5) is 5.39. The first-order valence-electron chi connectivity index (χ1n) is 4.15. The van der Waals surface area contributed by atoms with Crippen LogP contribution in [0.25, 0.3) is 0 Å². The molecule has 0 N–H and O–H groups in total. The van der Waals surface area contributed by atoms with E-state index in [1.165, 1.54) is 0 Å². The minimum atomic E-state index is 0.716. The third-order valence-electron chi connectivity index (χ3n) is 1.52. The van der Waals surface area contributed by atoms with Crippen LogP contribution in [-0.4, -0.2) is 11.3 Å². The highest BCUT2D eigenvalue weighted by molar-refractivity contribution is 7.71. The summed E-state index contributed by atoms with van der Waals surface area (Å²) >= 11 is 5.04. The van der Waals surface area contributed by atoms with Gasteiger partial charge in [-0.15, -0.1) is 0 Å². The molecule has 2 nitrogen and oxygen atoms in total. The second-order valence-corrected chi connectivity index (χ2v) is 2.97. The summed E-state index contributed by atoms with van der Waals surface area (Å²) in [5, 5.41) is 0. The van der Waals surface area contributed by atoms with Crippen molar-refractivity contribution in [2.24, 2.45) is 0 Å². The van der Waals surface area contributed by atoms with Crippen molar-refractivity contribution in [1.82, 2.24) is 4.73 Å². The maximum Gasteiger partial charge on any atom is 0.142 e. The Labute approximate surface area is 77.7 Å². The van der Waals surface area contributed by atoms with Crippen LogP contribution in [0.2, 0.25) is 0 Å². The summed E-state index contributed by atoms with van der Waals surface area (Å²) in [6.07, 6.45) is 4.04. The Morgan fingerprint density at radius 3 is 3.00 bits per heavy atom. The van der Waals surface area contributed by atoms with Crippen LogP contribution in [0.5, 0.6) is 0 Å². The molecule has 0 radical (unpaired) electrons. The topological polar surface area (TPSA) is 14.2 Å². The van der Waals surface area contributed by atoms with Gasteiger partial charge in [0.2, 0.25) is 0 Å². The first kappa shape index (κ1) is 9.26. The highest BCUT2D eigenvalue weighted by atomic mass is 32.1. The van der Waals surface area contributed by atoms with Gasteiger partial charge in [-0.25, -0.2) is 0 Å². The van der Waals surface area contributed by atoms with Crippen LogP contribution in [0, 0.1) is 4.64 Å². The molecule has 0 saturated carbocycles. The Morgan fingerprint density at radius 1 is 1.50 bits per heavy atom. The Bertz CT molecular complexity index is 282. The van der Waals surface area contributed by atoms with Crippen molar-refractivity contribution in [3.8, 4) is 0 Å². The van der Waals surface area contributed by atoms with E-state index in [0.29, 0.717) is 4.64 Å². The first-order valence-corrected chi connectivity index (χ1v) is 4.56. The van der Waals surface area contributed by atoms with E-state index in [9.17, 15) is 0 Å². The number of rotatable bonds is 4. The minimum Gasteiger partial charge on any atom is -0.413 e. The van der Waals surface area contributed by atoms with Gasteiger partial charge in [0.15, 0.2) is 0 Å². The van der Waals surface area contributed by atoms with E-state index in [0.717, 1.165) is 19.4 Å². The van der Waals surface area contributed by atoms with Crippen LogP contribution in [0.15, 0.2) is 24.4 Å². The van der Waals surface area contributed by atoms with Gasteiger partial charge in [-0.05, 0) is 18.6 Å². The summed E-state index contributed by atoms with van der Waals surface area (Å²) in [6.45, 7) is 2.86. The number of hydrogen-bond acceptors (Lipinski definition) is 2. The lowest BCUT2D eigenvalue weighted by atomic mass is 10.4. The molecule has 0 aromatic carbocycles. The molecule has 0 bridgehead atoms. The number of nitrogens with zero attached hydrogens (tertiary/aromatic N) is 1. The van der Waals surface area contributed by atoms with E-state index < -0.39 is 0 Å². The van der Waals surface area contributed by atoms with E-state index in [1.807, 2.05) is 24.4 Å². The number of hydrogen-bond donors (Lipinski definition) is 0. The molecule has 0 atom stereocenters. The standard InChI is InChI=1S/C9H13NOS/c1-2-3-8-11-10-7-5-4-6-9(10)12/h4-7H,2-3,8H2,1H3. The van der Waals surface area contributed by atoms with Gasteiger partial charge in [-0.2, -0.15) is 4.73 Å². The van der Waals surface area contributed by atoms with Crippen LogP contribution < -0.4 is 4.84 Å². The molecular weight excluding hydrogens is 170 g/mol. The zero-order chi connectivity index (χ0) is 8.81. The summed E-state index contributed by atoms with van der Waals surface area (Å²) < 4.78 is 2.35. The smallest absolute Gasteiger partial charge is 0.142 e. The molecule has 0 unspecified atom stereocenters. The number of aromatic nitrogens is 1. The van der Waals surface area contributed by atoms with Crippen LogP contribution in [0.4, 0.5) is 0 Å². The normalized spacial score (nSPS) is 9.75. The molecule has 0 aliphatic rings. The van der Waals surface area contributed by atoms with E-state index in [-0.39, 0.29) is 0 Å². The molecule has 1 aromatic heterocycles. The molecule has 3 heteroatoms. The van der Waals surface area contributed by atoms with Gasteiger partial charge in [0.25, 0.3) is 0 Å². The Kier molecular flexibility index (Phi) is 3.80. The van der Waals surface area contributed by atoms with Gasteiger partial charge in [0.05, 0.1) is 0 Å². The van der Waals surface area contributed by atoms with Crippen LogP contribution in [-0.2, 0) is 0 Å². The average Bonchev–Trinajstić information content (AvgIpc) is 2.09. The monoisotopic (exact) mass is 183 g/mol. The van der Waals surface area contributed by atoms with Crippen LogP contribution >= 0.6 is 12.2 Å². The molecule has 1 rings (SSSR count). The van der Waals surface area contributed by atoms with E-state index >= 15 is 0 Å². The lowest BCUT2D eigenvalue weighted by Gasteiger charge is -2.07. The molecule has 66 valence electrons. The van der Waals surface area contributed by atoms with E-state index in [4.69, 9.17) is 17.1 Å². The average molecular weight is 183 g/mol. The molecule has 12 heavy (non-hydrogen) atoms. The molecular formula is C9H13NOS. The lowest BCUT2D eigenvalue weighted by molar-refractivity contribution is 0.103. The predicted octanol–water partition coefficient (Wildman–Crippen LogP) is 2.45. The fraction of sp³-hybridized carbons (Fsp3) is 0.444. The van der Waals surface area contributed by atoms with Crippen molar-refractivity contribution in [1.29, 1.82) is 0 Å². The highest BCUT2D eigenvalue weighted by Crippen LogP contribution is 1.92. The van der Waals surface area contributed by atoms with Crippen molar-refractivity contribution in [3.05, 3.63) is 29.0 Å². The van der Waals surface area contributed by atoms with Gasteiger partial charge in [-0.3, -0.25) is 0 Å². The molecule has 0 fully saturated rings. The van der Waals surface area contributed by atoms with Crippen molar-refractivity contribution in [3.63, 3.8) is 0 Å². The first-order chi connectivity index (χ1) is 5.84. The fourth-order valence-corrected chi connectivity index (χ4v) is 1.02. The summed E-state index contributed by atoms with van der Waals surface area (Å²) in [5.41, 5.74) is 0. The van der Waals surface area contributed by atoms with Crippen molar-refractivity contribution in [2.45, 2.75) is 19.8 Å². The molecule has 0 saturated heterocycles. The molecule has 0 aliphatic carbocycles. The quantitative estimate of drug-likeness (QED) is 0.526. The molecule has 0 amide bonds. The molecule has 0 spiro atoms. The summed E-state index contributed by atoms with van der Waals surface area (Å²) in [7, 11) is 0. The Hall–Kier alpha value is -0.830. The maximum absolute atomic E-state index is 5.39. The molecule has 1 heterocycles. The van der Waals surface area contributed by atoms with E-state index in [1.54, 1.807) is 4.73 Å². The van der Waals surface area contributed by atoms with Crippen molar-refractivity contribution >= 4 is 12.2 Å². The Balaban J connectivity index is 2.52. The lowest BCUT2D eigenvalue weighted by Crippen LogP contribution is -2.12. The SMILES string of the molecule is CCCCOn1ccccc1=S. The van der Waals surface area contributed by atoms with Crippen LogP contribution in [0.3, 0.4) is 0 Å².